The summed E-state index contributed by atoms with van der Waals surface area (Å²) < 4.78 is 18.3. The second-order valence-corrected chi connectivity index (χ2v) is 5.49. The third kappa shape index (κ3) is 7.38. The van der Waals surface area contributed by atoms with E-state index < -0.39 is 0 Å². The van der Waals surface area contributed by atoms with Gasteiger partial charge in [-0.3, -0.25) is 0 Å². The average Bonchev–Trinajstić information content (AvgIpc) is 2.34. The number of rotatable bonds is 9. The van der Waals surface area contributed by atoms with E-state index in [0.717, 1.165) is 32.4 Å². The van der Waals surface area contributed by atoms with Crippen molar-refractivity contribution in [3.05, 3.63) is 29.0 Å². The number of ether oxygens (including phenoxy) is 1. The molecular formula is C15H23ClFNO. The van der Waals surface area contributed by atoms with Crippen molar-refractivity contribution in [2.45, 2.75) is 33.1 Å². The molecule has 1 rings (SSSR count). The van der Waals surface area contributed by atoms with Gasteiger partial charge in [0.25, 0.3) is 0 Å². The monoisotopic (exact) mass is 287 g/mol. The van der Waals surface area contributed by atoms with E-state index in [1.165, 1.54) is 12.1 Å². The van der Waals surface area contributed by atoms with E-state index >= 15 is 0 Å². The van der Waals surface area contributed by atoms with Crippen LogP contribution in [0.2, 0.25) is 5.02 Å². The highest BCUT2D eigenvalue weighted by Crippen LogP contribution is 2.24. The molecule has 108 valence electrons. The van der Waals surface area contributed by atoms with Crippen molar-refractivity contribution < 1.29 is 9.13 Å². The summed E-state index contributed by atoms with van der Waals surface area (Å²) in [7, 11) is 0. The van der Waals surface area contributed by atoms with Gasteiger partial charge >= 0.3 is 0 Å². The van der Waals surface area contributed by atoms with Crippen LogP contribution in [0.4, 0.5) is 4.39 Å². The van der Waals surface area contributed by atoms with Crippen molar-refractivity contribution in [2.75, 3.05) is 19.7 Å². The first-order valence-electron chi connectivity index (χ1n) is 6.88. The average molecular weight is 288 g/mol. The Morgan fingerprint density at radius 3 is 2.74 bits per heavy atom. The third-order valence-electron chi connectivity index (χ3n) is 2.70. The van der Waals surface area contributed by atoms with Crippen LogP contribution in [0.1, 0.15) is 33.1 Å². The number of hydrogen-bond donors (Lipinski definition) is 1. The maximum absolute atomic E-state index is 12.8. The molecule has 0 heterocycles. The van der Waals surface area contributed by atoms with Crippen molar-refractivity contribution in [1.82, 2.24) is 5.32 Å². The molecule has 0 bridgehead atoms. The number of benzene rings is 1. The van der Waals surface area contributed by atoms with E-state index in [4.69, 9.17) is 16.3 Å². The van der Waals surface area contributed by atoms with E-state index in [0.29, 0.717) is 23.3 Å². The summed E-state index contributed by atoms with van der Waals surface area (Å²) in [5.74, 6) is 0.915. The number of hydrogen-bond acceptors (Lipinski definition) is 2. The SMILES string of the molecule is CC(C)CNCCCCCOc1ccc(F)cc1Cl. The van der Waals surface area contributed by atoms with Gasteiger partial charge in [-0.1, -0.05) is 25.4 Å². The maximum Gasteiger partial charge on any atom is 0.138 e. The summed E-state index contributed by atoms with van der Waals surface area (Å²) in [4.78, 5) is 0. The molecule has 0 amide bonds. The van der Waals surface area contributed by atoms with E-state index in [1.54, 1.807) is 6.07 Å². The Bertz CT molecular complexity index is 371. The van der Waals surface area contributed by atoms with Crippen LogP contribution >= 0.6 is 11.6 Å². The fourth-order valence-corrected chi connectivity index (χ4v) is 1.92. The van der Waals surface area contributed by atoms with Gasteiger partial charge in [0.05, 0.1) is 11.6 Å². The van der Waals surface area contributed by atoms with Gasteiger partial charge in [-0.05, 0) is 56.5 Å². The van der Waals surface area contributed by atoms with Crippen LogP contribution in [0.5, 0.6) is 5.75 Å². The number of nitrogens with one attached hydrogen (secondary N) is 1. The van der Waals surface area contributed by atoms with Crippen LogP contribution in [0.25, 0.3) is 0 Å². The summed E-state index contributed by atoms with van der Waals surface area (Å²) in [6, 6.07) is 4.20. The summed E-state index contributed by atoms with van der Waals surface area (Å²) in [6.45, 7) is 7.15. The molecule has 1 aromatic carbocycles. The van der Waals surface area contributed by atoms with Gasteiger partial charge in [-0.15, -0.1) is 0 Å². The summed E-state index contributed by atoms with van der Waals surface area (Å²) in [5.41, 5.74) is 0. The molecule has 0 aliphatic heterocycles. The Kier molecular flexibility index (Phi) is 7.84. The van der Waals surface area contributed by atoms with Crippen LogP contribution in [0.3, 0.4) is 0 Å². The molecule has 0 aliphatic rings. The van der Waals surface area contributed by atoms with Gasteiger partial charge in [0.2, 0.25) is 0 Å². The molecule has 0 radical (unpaired) electrons. The summed E-state index contributed by atoms with van der Waals surface area (Å²) in [5, 5.41) is 3.74. The number of unbranched alkanes of at least 4 members (excludes halogenated alkanes) is 2. The van der Waals surface area contributed by atoms with Crippen molar-refractivity contribution in [3.63, 3.8) is 0 Å². The van der Waals surface area contributed by atoms with Gasteiger partial charge < -0.3 is 10.1 Å². The zero-order valence-electron chi connectivity index (χ0n) is 11.7. The lowest BCUT2D eigenvalue weighted by Crippen LogP contribution is -2.20. The van der Waals surface area contributed by atoms with Crippen molar-refractivity contribution >= 4 is 11.6 Å². The van der Waals surface area contributed by atoms with Crippen LogP contribution in [-0.4, -0.2) is 19.7 Å². The van der Waals surface area contributed by atoms with Gasteiger partial charge in [-0.2, -0.15) is 0 Å². The van der Waals surface area contributed by atoms with Crippen LogP contribution in [0.15, 0.2) is 18.2 Å². The Morgan fingerprint density at radius 2 is 2.05 bits per heavy atom. The molecule has 1 N–H and O–H groups in total. The molecule has 0 saturated carbocycles. The first kappa shape index (κ1) is 16.3. The van der Waals surface area contributed by atoms with Gasteiger partial charge in [0.1, 0.15) is 11.6 Å². The lowest BCUT2D eigenvalue weighted by molar-refractivity contribution is 0.304. The standard InChI is InChI=1S/C15H23ClFNO/c1-12(2)11-18-8-4-3-5-9-19-15-7-6-13(17)10-14(15)16/h6-7,10,12,18H,3-5,8-9,11H2,1-2H3. The third-order valence-corrected chi connectivity index (χ3v) is 3.00. The Labute approximate surface area is 120 Å². The molecule has 0 saturated heterocycles. The minimum Gasteiger partial charge on any atom is -0.492 e. The van der Waals surface area contributed by atoms with Gasteiger partial charge in [0.15, 0.2) is 0 Å². The zero-order chi connectivity index (χ0) is 14.1. The minimum atomic E-state index is -0.339. The lowest BCUT2D eigenvalue weighted by Gasteiger charge is -2.09. The smallest absolute Gasteiger partial charge is 0.138 e. The molecule has 0 spiro atoms. The van der Waals surface area contributed by atoms with Gasteiger partial charge in [0, 0.05) is 0 Å². The molecule has 1 aromatic rings. The van der Waals surface area contributed by atoms with E-state index in [2.05, 4.69) is 19.2 Å². The van der Waals surface area contributed by atoms with Crippen molar-refractivity contribution in [2.24, 2.45) is 5.92 Å². The summed E-state index contributed by atoms with van der Waals surface area (Å²) in [6.07, 6.45) is 3.24. The summed E-state index contributed by atoms with van der Waals surface area (Å²) >= 11 is 5.87. The molecule has 0 atom stereocenters. The van der Waals surface area contributed by atoms with E-state index in [1.807, 2.05) is 0 Å². The Morgan fingerprint density at radius 1 is 1.26 bits per heavy atom. The Balaban J connectivity index is 2.04. The highest BCUT2D eigenvalue weighted by atomic mass is 35.5. The molecule has 19 heavy (non-hydrogen) atoms. The van der Waals surface area contributed by atoms with Crippen molar-refractivity contribution in [3.8, 4) is 5.75 Å². The highest BCUT2D eigenvalue weighted by Gasteiger charge is 2.02. The highest BCUT2D eigenvalue weighted by molar-refractivity contribution is 6.32. The van der Waals surface area contributed by atoms with Crippen molar-refractivity contribution in [1.29, 1.82) is 0 Å². The predicted molar refractivity (Wildman–Crippen MR) is 78.5 cm³/mol. The van der Waals surface area contributed by atoms with E-state index in [9.17, 15) is 4.39 Å². The van der Waals surface area contributed by atoms with Crippen LogP contribution in [0, 0.1) is 11.7 Å². The first-order valence-corrected chi connectivity index (χ1v) is 7.26. The quantitative estimate of drug-likeness (QED) is 0.685. The maximum atomic E-state index is 12.8. The molecular weight excluding hydrogens is 265 g/mol. The van der Waals surface area contributed by atoms with Gasteiger partial charge in [-0.25, -0.2) is 4.39 Å². The predicted octanol–water partition coefficient (Wildman–Crippen LogP) is 4.27. The fraction of sp³-hybridized carbons (Fsp3) is 0.600. The molecule has 2 nitrogen and oxygen atoms in total. The Hall–Kier alpha value is -0.800. The minimum absolute atomic E-state index is 0.332. The molecule has 0 fully saturated rings. The zero-order valence-corrected chi connectivity index (χ0v) is 12.5. The van der Waals surface area contributed by atoms with Crippen LogP contribution in [-0.2, 0) is 0 Å². The largest absolute Gasteiger partial charge is 0.492 e. The fourth-order valence-electron chi connectivity index (χ4n) is 1.69. The molecule has 0 aromatic heterocycles. The topological polar surface area (TPSA) is 21.3 Å². The van der Waals surface area contributed by atoms with E-state index in [-0.39, 0.29) is 5.82 Å². The second-order valence-electron chi connectivity index (χ2n) is 5.08. The normalized spacial score (nSPS) is 11.0. The lowest BCUT2D eigenvalue weighted by atomic mass is 10.2. The molecule has 4 heteroatoms. The number of halogens is 2. The first-order chi connectivity index (χ1) is 9.09. The van der Waals surface area contributed by atoms with Crippen LogP contribution < -0.4 is 10.1 Å². The molecule has 0 aliphatic carbocycles. The second kappa shape index (κ2) is 9.16. The molecule has 0 unspecified atom stereocenters.